The van der Waals surface area contributed by atoms with Crippen molar-refractivity contribution in [3.8, 4) is 0 Å². The minimum Gasteiger partial charge on any atom is -0.346 e. The van der Waals surface area contributed by atoms with Gasteiger partial charge in [-0.05, 0) is 25.1 Å². The Morgan fingerprint density at radius 1 is 1.60 bits per heavy atom. The third-order valence-corrected chi connectivity index (χ3v) is 4.13. The minimum absolute atomic E-state index is 0.106. The van der Waals surface area contributed by atoms with Gasteiger partial charge in [-0.25, -0.2) is 9.37 Å². The first kappa shape index (κ1) is 15.1. The van der Waals surface area contributed by atoms with Gasteiger partial charge in [0.15, 0.2) is 0 Å². The summed E-state index contributed by atoms with van der Waals surface area (Å²) in [5, 5.41) is 4.98. The summed E-state index contributed by atoms with van der Waals surface area (Å²) in [6, 6.07) is 4.38. The van der Waals surface area contributed by atoms with Gasteiger partial charge in [-0.15, -0.1) is 11.3 Å². The molecule has 2 rings (SSSR count). The highest BCUT2D eigenvalue weighted by molar-refractivity contribution is 9.10. The van der Waals surface area contributed by atoms with Crippen LogP contribution in [0.5, 0.6) is 0 Å². The van der Waals surface area contributed by atoms with Crippen LogP contribution in [0.4, 0.5) is 4.39 Å². The van der Waals surface area contributed by atoms with Crippen molar-refractivity contribution in [3.05, 3.63) is 50.1 Å². The number of thiazole rings is 1. The van der Waals surface area contributed by atoms with Crippen LogP contribution in [0, 0.1) is 5.82 Å². The molecule has 0 fully saturated rings. The molecular weight excluding hydrogens is 345 g/mol. The second kappa shape index (κ2) is 6.43. The second-order valence-corrected chi connectivity index (χ2v) is 6.08. The zero-order valence-electron chi connectivity index (χ0n) is 10.7. The highest BCUT2D eigenvalue weighted by Gasteiger charge is 2.13. The Morgan fingerprint density at radius 2 is 2.35 bits per heavy atom. The monoisotopic (exact) mass is 357 g/mol. The third-order valence-electron chi connectivity index (χ3n) is 2.59. The lowest BCUT2D eigenvalue weighted by atomic mass is 10.2. The smallest absolute Gasteiger partial charge is 0.271 e. The molecule has 1 amide bonds. The quantitative estimate of drug-likeness (QED) is 0.883. The maximum Gasteiger partial charge on any atom is 0.271 e. The molecular formula is C13H13BrFN3OS. The SMILES string of the molecule is CC(N)c1nc(C(=O)NCc2cc(Br)ccc2F)cs1. The van der Waals surface area contributed by atoms with Crippen LogP contribution in [-0.4, -0.2) is 10.9 Å². The van der Waals surface area contributed by atoms with Crippen LogP contribution in [0.25, 0.3) is 0 Å². The summed E-state index contributed by atoms with van der Waals surface area (Å²) >= 11 is 4.60. The molecule has 1 atom stereocenters. The molecule has 7 heteroatoms. The number of carbonyl (C=O) groups excluding carboxylic acids is 1. The van der Waals surface area contributed by atoms with Gasteiger partial charge in [0, 0.05) is 22.0 Å². The molecule has 1 heterocycles. The summed E-state index contributed by atoms with van der Waals surface area (Å²) in [7, 11) is 0. The van der Waals surface area contributed by atoms with Crippen LogP contribution < -0.4 is 11.1 Å². The van der Waals surface area contributed by atoms with Gasteiger partial charge in [0.2, 0.25) is 0 Å². The van der Waals surface area contributed by atoms with Gasteiger partial charge in [0.1, 0.15) is 16.5 Å². The van der Waals surface area contributed by atoms with Crippen molar-refractivity contribution in [2.75, 3.05) is 0 Å². The van der Waals surface area contributed by atoms with E-state index in [9.17, 15) is 9.18 Å². The Morgan fingerprint density at radius 3 is 3.00 bits per heavy atom. The van der Waals surface area contributed by atoms with E-state index in [1.54, 1.807) is 24.4 Å². The molecule has 1 aromatic carbocycles. The molecule has 0 spiro atoms. The summed E-state index contributed by atoms with van der Waals surface area (Å²) in [5.41, 5.74) is 6.41. The van der Waals surface area contributed by atoms with E-state index in [0.29, 0.717) is 16.3 Å². The molecule has 20 heavy (non-hydrogen) atoms. The van der Waals surface area contributed by atoms with Crippen molar-refractivity contribution in [1.29, 1.82) is 0 Å². The van der Waals surface area contributed by atoms with E-state index in [0.717, 1.165) is 4.47 Å². The number of halogens is 2. The highest BCUT2D eigenvalue weighted by Crippen LogP contribution is 2.17. The fourth-order valence-electron chi connectivity index (χ4n) is 1.55. The van der Waals surface area contributed by atoms with Gasteiger partial charge in [-0.1, -0.05) is 15.9 Å². The average molecular weight is 358 g/mol. The number of nitrogens with two attached hydrogens (primary N) is 1. The molecule has 1 aromatic heterocycles. The maximum absolute atomic E-state index is 13.5. The first-order chi connectivity index (χ1) is 9.47. The van der Waals surface area contributed by atoms with Crippen molar-refractivity contribution in [1.82, 2.24) is 10.3 Å². The fraction of sp³-hybridized carbons (Fsp3) is 0.231. The molecule has 0 aliphatic rings. The molecule has 0 aliphatic carbocycles. The molecule has 0 saturated carbocycles. The summed E-state index contributed by atoms with van der Waals surface area (Å²) in [5.74, 6) is -0.699. The van der Waals surface area contributed by atoms with Crippen molar-refractivity contribution in [2.45, 2.75) is 19.5 Å². The first-order valence-corrected chi connectivity index (χ1v) is 7.57. The lowest BCUT2D eigenvalue weighted by Crippen LogP contribution is -2.23. The van der Waals surface area contributed by atoms with E-state index in [1.165, 1.54) is 17.4 Å². The van der Waals surface area contributed by atoms with Crippen molar-refractivity contribution >= 4 is 33.2 Å². The van der Waals surface area contributed by atoms with E-state index in [-0.39, 0.29) is 24.3 Å². The molecule has 106 valence electrons. The number of aromatic nitrogens is 1. The molecule has 4 nitrogen and oxygen atoms in total. The molecule has 0 radical (unpaired) electrons. The number of nitrogens with one attached hydrogen (secondary N) is 1. The van der Waals surface area contributed by atoms with Gasteiger partial charge >= 0.3 is 0 Å². The van der Waals surface area contributed by atoms with Gasteiger partial charge < -0.3 is 11.1 Å². The van der Waals surface area contributed by atoms with E-state index >= 15 is 0 Å². The van der Waals surface area contributed by atoms with Gasteiger partial charge in [-0.3, -0.25) is 4.79 Å². The minimum atomic E-state index is -0.358. The number of nitrogens with zero attached hydrogens (tertiary/aromatic N) is 1. The van der Waals surface area contributed by atoms with Crippen LogP contribution in [0.3, 0.4) is 0 Å². The highest BCUT2D eigenvalue weighted by atomic mass is 79.9. The summed E-state index contributed by atoms with van der Waals surface area (Å²) in [6.45, 7) is 1.91. The van der Waals surface area contributed by atoms with Crippen LogP contribution in [0.2, 0.25) is 0 Å². The van der Waals surface area contributed by atoms with Crippen molar-refractivity contribution in [3.63, 3.8) is 0 Å². The average Bonchev–Trinajstić information content (AvgIpc) is 2.89. The topological polar surface area (TPSA) is 68.0 Å². The number of carbonyl (C=O) groups is 1. The van der Waals surface area contributed by atoms with Crippen LogP contribution in [-0.2, 0) is 6.54 Å². The van der Waals surface area contributed by atoms with Crippen LogP contribution >= 0.6 is 27.3 Å². The van der Waals surface area contributed by atoms with Gasteiger partial charge in [0.25, 0.3) is 5.91 Å². The molecule has 1 unspecified atom stereocenters. The maximum atomic E-state index is 13.5. The standard InChI is InChI=1S/C13H13BrFN3OS/c1-7(16)13-18-11(6-20-13)12(19)17-5-8-4-9(14)2-3-10(8)15/h2-4,6-7H,5,16H2,1H3,(H,17,19). The van der Waals surface area contributed by atoms with E-state index in [2.05, 4.69) is 26.2 Å². The van der Waals surface area contributed by atoms with E-state index in [1.807, 2.05) is 0 Å². The van der Waals surface area contributed by atoms with E-state index < -0.39 is 0 Å². The Bertz CT molecular complexity index is 630. The zero-order valence-corrected chi connectivity index (χ0v) is 13.1. The Labute approximate surface area is 128 Å². The lowest BCUT2D eigenvalue weighted by molar-refractivity contribution is 0.0946. The summed E-state index contributed by atoms with van der Waals surface area (Å²) < 4.78 is 14.3. The fourth-order valence-corrected chi connectivity index (χ4v) is 2.71. The molecule has 0 aliphatic heterocycles. The lowest BCUT2D eigenvalue weighted by Gasteiger charge is -2.05. The predicted octanol–water partition coefficient (Wildman–Crippen LogP) is 2.99. The second-order valence-electron chi connectivity index (χ2n) is 4.28. The zero-order chi connectivity index (χ0) is 14.7. The van der Waals surface area contributed by atoms with Gasteiger partial charge in [-0.2, -0.15) is 0 Å². The van der Waals surface area contributed by atoms with E-state index in [4.69, 9.17) is 5.73 Å². The predicted molar refractivity (Wildman–Crippen MR) is 80.0 cm³/mol. The largest absolute Gasteiger partial charge is 0.346 e. The van der Waals surface area contributed by atoms with Crippen LogP contribution in [0.1, 0.15) is 34.0 Å². The number of benzene rings is 1. The summed E-state index contributed by atoms with van der Waals surface area (Å²) in [6.07, 6.45) is 0. The molecule has 0 bridgehead atoms. The number of hydrogen-bond donors (Lipinski definition) is 2. The normalized spacial score (nSPS) is 12.2. The molecule has 2 aromatic rings. The van der Waals surface area contributed by atoms with Crippen LogP contribution in [0.15, 0.2) is 28.1 Å². The summed E-state index contributed by atoms with van der Waals surface area (Å²) in [4.78, 5) is 16.0. The first-order valence-electron chi connectivity index (χ1n) is 5.90. The van der Waals surface area contributed by atoms with Gasteiger partial charge in [0.05, 0.1) is 6.04 Å². The van der Waals surface area contributed by atoms with Crippen molar-refractivity contribution < 1.29 is 9.18 Å². The Kier molecular flexibility index (Phi) is 4.85. The number of rotatable bonds is 4. The molecule has 0 saturated heterocycles. The number of hydrogen-bond acceptors (Lipinski definition) is 4. The third kappa shape index (κ3) is 3.62. The Balaban J connectivity index is 2.02. The van der Waals surface area contributed by atoms with Crippen molar-refractivity contribution in [2.24, 2.45) is 5.73 Å². The molecule has 3 N–H and O–H groups in total. The Hall–Kier alpha value is -1.31. The number of amides is 1.